The van der Waals surface area contributed by atoms with Crippen molar-refractivity contribution in [3.05, 3.63) is 0 Å². The lowest BCUT2D eigenvalue weighted by atomic mass is 9.98. The molecule has 326 valence electrons. The minimum absolute atomic E-state index is 0.167. The van der Waals surface area contributed by atoms with Gasteiger partial charge in [0, 0.05) is 19.4 Å². The number of amides is 2. The monoisotopic (exact) mass is 789 g/mol. The molecule has 1 rings (SSSR count). The molecule has 0 aromatic heterocycles. The molecule has 0 aromatic carbocycles. The van der Waals surface area contributed by atoms with Crippen molar-refractivity contribution in [2.24, 2.45) is 0 Å². The van der Waals surface area contributed by atoms with Crippen molar-refractivity contribution < 1.29 is 49.7 Å². The molecule has 0 aliphatic carbocycles. The van der Waals surface area contributed by atoms with Gasteiger partial charge in [0.05, 0.1) is 25.4 Å². The van der Waals surface area contributed by atoms with E-state index in [0.29, 0.717) is 19.3 Å². The van der Waals surface area contributed by atoms with Crippen LogP contribution in [-0.2, 0) is 19.1 Å². The molecule has 0 bridgehead atoms. The van der Waals surface area contributed by atoms with Crippen LogP contribution in [0.5, 0.6) is 0 Å². The van der Waals surface area contributed by atoms with Crippen LogP contribution in [0.1, 0.15) is 194 Å². The van der Waals surface area contributed by atoms with Crippen LogP contribution in [-0.4, -0.2) is 111 Å². The van der Waals surface area contributed by atoms with E-state index in [4.69, 9.17) is 9.47 Å². The molecule has 1 aliphatic heterocycles. The van der Waals surface area contributed by atoms with Crippen LogP contribution in [0.2, 0.25) is 0 Å². The highest BCUT2D eigenvalue weighted by molar-refractivity contribution is 5.76. The average Bonchev–Trinajstić information content (AvgIpc) is 3.18. The largest absolute Gasteiger partial charge is 0.394 e. The fourth-order valence-corrected chi connectivity index (χ4v) is 7.22. The summed E-state index contributed by atoms with van der Waals surface area (Å²) in [5.74, 6) is -0.118. The Hall–Kier alpha value is -1.38. The van der Waals surface area contributed by atoms with Crippen molar-refractivity contribution in [1.29, 1.82) is 0 Å². The van der Waals surface area contributed by atoms with Gasteiger partial charge in [0.25, 0.3) is 0 Å². The summed E-state index contributed by atoms with van der Waals surface area (Å²) in [4.78, 5) is 24.8. The predicted molar refractivity (Wildman–Crippen MR) is 217 cm³/mol. The first-order valence-electron chi connectivity index (χ1n) is 22.5. The number of unbranched alkanes of at least 4 members (excludes halogenated alkanes) is 22. The highest BCUT2D eigenvalue weighted by atomic mass is 16.7. The van der Waals surface area contributed by atoms with E-state index < -0.39 is 55.6 Å². The molecular weight excluding hydrogens is 704 g/mol. The Morgan fingerprint density at radius 2 is 1.05 bits per heavy atom. The fraction of sp³-hybridized carbons (Fsp3) is 0.953. The van der Waals surface area contributed by atoms with Crippen molar-refractivity contribution in [2.75, 3.05) is 19.8 Å². The number of ether oxygens (including phenoxy) is 2. The van der Waals surface area contributed by atoms with E-state index in [1.54, 1.807) is 0 Å². The molecular formula is C43H84N2O10. The average molecular weight is 789 g/mol. The van der Waals surface area contributed by atoms with Gasteiger partial charge in [-0.15, -0.1) is 0 Å². The van der Waals surface area contributed by atoms with Crippen LogP contribution >= 0.6 is 0 Å². The zero-order valence-corrected chi connectivity index (χ0v) is 34.9. The fourth-order valence-electron chi connectivity index (χ4n) is 7.22. The minimum atomic E-state index is -1.62. The maximum Gasteiger partial charge on any atom is 0.220 e. The number of nitrogens with one attached hydrogen (secondary N) is 2. The molecule has 0 radical (unpaired) electrons. The lowest BCUT2D eigenvalue weighted by molar-refractivity contribution is -0.303. The standard InChI is InChI=1S/C43H84N2O10/c1-3-5-7-9-10-11-12-13-15-18-21-24-28-35(47)39(50)34(33-54-43-42(53)41(52)40(51)36(32-46)55-43)45-38(49)30-26-22-19-16-14-17-20-23-27-31-44-37(48)29-25-8-6-4-2/h34-36,39-43,46-47,50-53H,3-33H2,1-2H3,(H,44,48)(H,45,49)/t34-,35+,36+,39-,40-,41-,42+,43-/m0/s1. The van der Waals surface area contributed by atoms with E-state index >= 15 is 0 Å². The molecule has 1 heterocycles. The number of aliphatic hydroxyl groups excluding tert-OH is 6. The number of aliphatic hydroxyl groups is 6. The molecule has 2 amide bonds. The lowest BCUT2D eigenvalue weighted by Gasteiger charge is -2.40. The second-order valence-corrected chi connectivity index (χ2v) is 16.0. The SMILES string of the molecule is CCCCCCCCCCCCCC[C@@H](O)[C@@H](O)[C@H](CO[C@H]1O[C@H](CO)[C@H](O)[C@H](O)[C@H]1O)NC(=O)CCCCCCCCCCCNC(=O)CCCCCC. The zero-order valence-electron chi connectivity index (χ0n) is 34.9. The van der Waals surface area contributed by atoms with Crippen LogP contribution in [0, 0.1) is 0 Å². The molecule has 0 unspecified atom stereocenters. The Morgan fingerprint density at radius 3 is 1.58 bits per heavy atom. The molecule has 0 saturated carbocycles. The number of hydrogen-bond donors (Lipinski definition) is 8. The maximum absolute atomic E-state index is 13.0. The second-order valence-electron chi connectivity index (χ2n) is 16.0. The molecule has 12 heteroatoms. The van der Waals surface area contributed by atoms with Gasteiger partial charge < -0.3 is 50.7 Å². The van der Waals surface area contributed by atoms with Crippen molar-refractivity contribution >= 4 is 11.8 Å². The van der Waals surface area contributed by atoms with Crippen LogP contribution in [0.3, 0.4) is 0 Å². The third-order valence-electron chi connectivity index (χ3n) is 11.0. The van der Waals surface area contributed by atoms with E-state index in [9.17, 15) is 40.2 Å². The van der Waals surface area contributed by atoms with Gasteiger partial charge in [0.15, 0.2) is 6.29 Å². The molecule has 12 nitrogen and oxygen atoms in total. The predicted octanol–water partition coefficient (Wildman–Crippen LogP) is 6.09. The third-order valence-corrected chi connectivity index (χ3v) is 11.0. The Kier molecular flexibility index (Phi) is 32.5. The molecule has 0 spiro atoms. The number of carbonyl (C=O) groups excluding carboxylic acids is 2. The van der Waals surface area contributed by atoms with Crippen LogP contribution in [0.25, 0.3) is 0 Å². The van der Waals surface area contributed by atoms with Crippen molar-refractivity contribution in [3.63, 3.8) is 0 Å². The Bertz CT molecular complexity index is 913. The number of carbonyl (C=O) groups is 2. The first kappa shape index (κ1) is 51.6. The van der Waals surface area contributed by atoms with Gasteiger partial charge in [-0.25, -0.2) is 0 Å². The summed E-state index contributed by atoms with van der Waals surface area (Å²) in [6.45, 7) is 4.23. The summed E-state index contributed by atoms with van der Waals surface area (Å²) in [5.41, 5.74) is 0. The normalized spacial score (nSPS) is 21.6. The summed E-state index contributed by atoms with van der Waals surface area (Å²) in [5, 5.41) is 68.0. The molecule has 0 aromatic rings. The van der Waals surface area contributed by atoms with E-state index in [-0.39, 0.29) is 24.8 Å². The lowest BCUT2D eigenvalue weighted by Crippen LogP contribution is -2.60. The van der Waals surface area contributed by atoms with E-state index in [0.717, 1.165) is 96.4 Å². The van der Waals surface area contributed by atoms with Gasteiger partial charge in [-0.05, 0) is 25.7 Å². The molecule has 1 saturated heterocycles. The summed E-state index contributed by atoms with van der Waals surface area (Å²) < 4.78 is 11.1. The summed E-state index contributed by atoms with van der Waals surface area (Å²) in [7, 11) is 0. The quantitative estimate of drug-likeness (QED) is 0.0341. The van der Waals surface area contributed by atoms with E-state index in [2.05, 4.69) is 24.5 Å². The first-order valence-corrected chi connectivity index (χ1v) is 22.5. The van der Waals surface area contributed by atoms with Crippen LogP contribution < -0.4 is 10.6 Å². The van der Waals surface area contributed by atoms with Crippen molar-refractivity contribution in [3.8, 4) is 0 Å². The first-order chi connectivity index (χ1) is 26.7. The highest BCUT2D eigenvalue weighted by Gasteiger charge is 2.44. The Morgan fingerprint density at radius 1 is 0.600 bits per heavy atom. The maximum atomic E-state index is 13.0. The summed E-state index contributed by atoms with van der Waals surface area (Å²) in [6, 6.07) is -1.01. The molecule has 1 fully saturated rings. The van der Waals surface area contributed by atoms with Gasteiger partial charge in [-0.3, -0.25) is 9.59 Å². The Balaban J connectivity index is 2.39. The van der Waals surface area contributed by atoms with Crippen molar-refractivity contribution in [2.45, 2.75) is 243 Å². The van der Waals surface area contributed by atoms with Crippen LogP contribution in [0.4, 0.5) is 0 Å². The van der Waals surface area contributed by atoms with Gasteiger partial charge >= 0.3 is 0 Å². The number of rotatable bonds is 37. The topological polar surface area (TPSA) is 198 Å². The second kappa shape index (κ2) is 34.6. The van der Waals surface area contributed by atoms with Crippen molar-refractivity contribution in [1.82, 2.24) is 10.6 Å². The van der Waals surface area contributed by atoms with Gasteiger partial charge in [-0.2, -0.15) is 0 Å². The van der Waals surface area contributed by atoms with Gasteiger partial charge in [-0.1, -0.05) is 155 Å². The third kappa shape index (κ3) is 25.6. The van der Waals surface area contributed by atoms with Crippen LogP contribution in [0.15, 0.2) is 0 Å². The smallest absolute Gasteiger partial charge is 0.220 e. The van der Waals surface area contributed by atoms with E-state index in [1.807, 2.05) is 0 Å². The van der Waals surface area contributed by atoms with Gasteiger partial charge in [0.1, 0.15) is 30.5 Å². The summed E-state index contributed by atoms with van der Waals surface area (Å²) >= 11 is 0. The zero-order chi connectivity index (χ0) is 40.5. The molecule has 55 heavy (non-hydrogen) atoms. The minimum Gasteiger partial charge on any atom is -0.394 e. The summed E-state index contributed by atoms with van der Waals surface area (Å²) in [6.07, 6.45) is 19.4. The van der Waals surface area contributed by atoms with E-state index in [1.165, 1.54) is 64.2 Å². The molecule has 8 N–H and O–H groups in total. The molecule has 1 aliphatic rings. The van der Waals surface area contributed by atoms with Gasteiger partial charge in [0.2, 0.25) is 11.8 Å². The highest BCUT2D eigenvalue weighted by Crippen LogP contribution is 2.23. The molecule has 8 atom stereocenters. The number of hydrogen-bond acceptors (Lipinski definition) is 10. The Labute approximate surface area is 333 Å².